The predicted octanol–water partition coefficient (Wildman–Crippen LogP) is 4.38. The zero-order valence-corrected chi connectivity index (χ0v) is 12.2. The SMILES string of the molecule is CCCOc1ccccc1Oc1ccc(Cl)cc1CN. The molecule has 0 spiro atoms. The molecule has 2 N–H and O–H groups in total. The molecule has 0 aromatic heterocycles. The Bertz CT molecular complexity index is 572. The average molecular weight is 292 g/mol. The Kier molecular flexibility index (Phi) is 5.27. The number of ether oxygens (including phenoxy) is 2. The van der Waals surface area contributed by atoms with Crippen LogP contribution in [-0.4, -0.2) is 6.61 Å². The summed E-state index contributed by atoms with van der Waals surface area (Å²) in [6.07, 6.45) is 0.948. The molecule has 3 nitrogen and oxygen atoms in total. The molecule has 0 heterocycles. The summed E-state index contributed by atoms with van der Waals surface area (Å²) in [6.45, 7) is 3.09. The number of rotatable bonds is 6. The van der Waals surface area contributed by atoms with E-state index in [1.54, 1.807) is 6.07 Å². The molecule has 2 aromatic carbocycles. The van der Waals surface area contributed by atoms with E-state index >= 15 is 0 Å². The molecule has 0 atom stereocenters. The van der Waals surface area contributed by atoms with Crippen LogP contribution in [0.3, 0.4) is 0 Å². The maximum Gasteiger partial charge on any atom is 0.169 e. The van der Waals surface area contributed by atoms with Crippen LogP contribution in [0, 0.1) is 0 Å². The largest absolute Gasteiger partial charge is 0.490 e. The van der Waals surface area contributed by atoms with Gasteiger partial charge in [-0.05, 0) is 36.8 Å². The Morgan fingerprint density at radius 2 is 1.80 bits per heavy atom. The lowest BCUT2D eigenvalue weighted by Gasteiger charge is -2.14. The molecule has 0 unspecified atom stereocenters. The lowest BCUT2D eigenvalue weighted by molar-refractivity contribution is 0.302. The van der Waals surface area contributed by atoms with Gasteiger partial charge in [-0.1, -0.05) is 30.7 Å². The standard InChI is InChI=1S/C16H18ClNO2/c1-2-9-19-15-5-3-4-6-16(15)20-14-8-7-13(17)10-12(14)11-18/h3-8,10H,2,9,11,18H2,1H3. The topological polar surface area (TPSA) is 44.5 Å². The fraction of sp³-hybridized carbons (Fsp3) is 0.250. The summed E-state index contributed by atoms with van der Waals surface area (Å²) in [6, 6.07) is 13.0. The third-order valence-corrected chi connectivity index (χ3v) is 3.01. The van der Waals surface area contributed by atoms with E-state index in [4.69, 9.17) is 26.8 Å². The van der Waals surface area contributed by atoms with Crippen LogP contribution in [0.4, 0.5) is 0 Å². The third kappa shape index (κ3) is 3.65. The minimum absolute atomic E-state index is 0.369. The van der Waals surface area contributed by atoms with Crippen LogP contribution in [0.5, 0.6) is 17.2 Å². The molecule has 106 valence electrons. The summed E-state index contributed by atoms with van der Waals surface area (Å²) < 4.78 is 11.6. The van der Waals surface area contributed by atoms with Crippen LogP contribution >= 0.6 is 11.6 Å². The molecule has 0 fully saturated rings. The highest BCUT2D eigenvalue weighted by atomic mass is 35.5. The highest BCUT2D eigenvalue weighted by molar-refractivity contribution is 6.30. The first-order chi connectivity index (χ1) is 9.74. The fourth-order valence-electron chi connectivity index (χ4n) is 1.79. The summed E-state index contributed by atoms with van der Waals surface area (Å²) in [7, 11) is 0. The molecule has 0 aliphatic heterocycles. The van der Waals surface area contributed by atoms with Gasteiger partial charge < -0.3 is 15.2 Å². The van der Waals surface area contributed by atoms with E-state index in [0.29, 0.717) is 29.7 Å². The molecule has 0 amide bonds. The van der Waals surface area contributed by atoms with Crippen LogP contribution in [0.2, 0.25) is 5.02 Å². The van der Waals surface area contributed by atoms with Crippen LogP contribution < -0.4 is 15.2 Å². The van der Waals surface area contributed by atoms with Crippen molar-refractivity contribution in [3.05, 3.63) is 53.1 Å². The van der Waals surface area contributed by atoms with Crippen LogP contribution in [0.1, 0.15) is 18.9 Å². The molecule has 0 saturated carbocycles. The first-order valence-electron chi connectivity index (χ1n) is 6.62. The van der Waals surface area contributed by atoms with E-state index in [2.05, 4.69) is 6.92 Å². The van der Waals surface area contributed by atoms with Crippen molar-refractivity contribution < 1.29 is 9.47 Å². The number of hydrogen-bond donors (Lipinski definition) is 1. The van der Waals surface area contributed by atoms with E-state index in [0.717, 1.165) is 17.7 Å². The van der Waals surface area contributed by atoms with Crippen LogP contribution in [0.25, 0.3) is 0 Å². The maximum atomic E-state index is 5.96. The van der Waals surface area contributed by atoms with Gasteiger partial charge in [-0.2, -0.15) is 0 Å². The van der Waals surface area contributed by atoms with E-state index in [1.165, 1.54) is 0 Å². The summed E-state index contributed by atoms with van der Waals surface area (Å²) in [4.78, 5) is 0. The number of benzene rings is 2. The van der Waals surface area contributed by atoms with Gasteiger partial charge in [0.1, 0.15) is 5.75 Å². The third-order valence-electron chi connectivity index (χ3n) is 2.77. The van der Waals surface area contributed by atoms with Crippen molar-refractivity contribution in [2.45, 2.75) is 19.9 Å². The van der Waals surface area contributed by atoms with Crippen molar-refractivity contribution in [3.8, 4) is 17.2 Å². The van der Waals surface area contributed by atoms with Gasteiger partial charge in [0.25, 0.3) is 0 Å². The molecule has 2 aromatic rings. The molecule has 2 rings (SSSR count). The number of para-hydroxylation sites is 2. The van der Waals surface area contributed by atoms with Gasteiger partial charge in [-0.15, -0.1) is 0 Å². The van der Waals surface area contributed by atoms with Crippen molar-refractivity contribution in [3.63, 3.8) is 0 Å². The summed E-state index contributed by atoms with van der Waals surface area (Å²) in [5.74, 6) is 2.11. The van der Waals surface area contributed by atoms with Crippen molar-refractivity contribution >= 4 is 11.6 Å². The lowest BCUT2D eigenvalue weighted by atomic mass is 10.2. The number of nitrogens with two attached hydrogens (primary N) is 1. The molecule has 20 heavy (non-hydrogen) atoms. The first kappa shape index (κ1) is 14.7. The second kappa shape index (κ2) is 7.17. The molecule has 0 aliphatic carbocycles. The molecule has 0 aliphatic rings. The molecule has 0 saturated heterocycles. The second-order valence-electron chi connectivity index (χ2n) is 4.35. The molecule has 0 radical (unpaired) electrons. The Morgan fingerprint density at radius 3 is 2.50 bits per heavy atom. The Morgan fingerprint density at radius 1 is 1.05 bits per heavy atom. The molecule has 0 bridgehead atoms. The van der Waals surface area contributed by atoms with Gasteiger partial charge in [-0.3, -0.25) is 0 Å². The molecular weight excluding hydrogens is 274 g/mol. The highest BCUT2D eigenvalue weighted by Gasteiger charge is 2.09. The monoisotopic (exact) mass is 291 g/mol. The van der Waals surface area contributed by atoms with E-state index in [-0.39, 0.29) is 0 Å². The van der Waals surface area contributed by atoms with Crippen molar-refractivity contribution in [2.24, 2.45) is 5.73 Å². The summed E-state index contributed by atoms with van der Waals surface area (Å²) in [5, 5.41) is 0.647. The lowest BCUT2D eigenvalue weighted by Crippen LogP contribution is -2.01. The Hall–Kier alpha value is -1.71. The molecular formula is C16H18ClNO2. The smallest absolute Gasteiger partial charge is 0.169 e. The Balaban J connectivity index is 2.25. The minimum atomic E-state index is 0.369. The summed E-state index contributed by atoms with van der Waals surface area (Å²) >= 11 is 5.96. The first-order valence-corrected chi connectivity index (χ1v) is 7.00. The van der Waals surface area contributed by atoms with Crippen LogP contribution in [-0.2, 0) is 6.54 Å². The fourth-order valence-corrected chi connectivity index (χ4v) is 1.99. The summed E-state index contributed by atoms with van der Waals surface area (Å²) in [5.41, 5.74) is 6.59. The van der Waals surface area contributed by atoms with Gasteiger partial charge in [0, 0.05) is 17.1 Å². The van der Waals surface area contributed by atoms with Crippen molar-refractivity contribution in [1.82, 2.24) is 0 Å². The quantitative estimate of drug-likeness (QED) is 0.859. The minimum Gasteiger partial charge on any atom is -0.490 e. The average Bonchev–Trinajstić information content (AvgIpc) is 2.48. The van der Waals surface area contributed by atoms with Gasteiger partial charge in [0.15, 0.2) is 11.5 Å². The normalized spacial score (nSPS) is 10.3. The highest BCUT2D eigenvalue weighted by Crippen LogP contribution is 2.33. The zero-order valence-electron chi connectivity index (χ0n) is 11.4. The zero-order chi connectivity index (χ0) is 14.4. The Labute approximate surface area is 124 Å². The maximum absolute atomic E-state index is 5.96. The second-order valence-corrected chi connectivity index (χ2v) is 4.79. The van der Waals surface area contributed by atoms with E-state index in [9.17, 15) is 0 Å². The van der Waals surface area contributed by atoms with E-state index < -0.39 is 0 Å². The van der Waals surface area contributed by atoms with E-state index in [1.807, 2.05) is 36.4 Å². The number of halogens is 1. The van der Waals surface area contributed by atoms with Gasteiger partial charge in [0.2, 0.25) is 0 Å². The van der Waals surface area contributed by atoms with Gasteiger partial charge in [-0.25, -0.2) is 0 Å². The molecule has 4 heteroatoms. The van der Waals surface area contributed by atoms with Crippen LogP contribution in [0.15, 0.2) is 42.5 Å². The van der Waals surface area contributed by atoms with Crippen molar-refractivity contribution in [1.29, 1.82) is 0 Å². The van der Waals surface area contributed by atoms with Gasteiger partial charge in [0.05, 0.1) is 6.61 Å². The number of hydrogen-bond acceptors (Lipinski definition) is 3. The van der Waals surface area contributed by atoms with Crippen molar-refractivity contribution in [2.75, 3.05) is 6.61 Å². The van der Waals surface area contributed by atoms with Gasteiger partial charge >= 0.3 is 0 Å². The predicted molar refractivity (Wildman–Crippen MR) is 81.6 cm³/mol.